The molecule has 0 aliphatic carbocycles. The van der Waals surface area contributed by atoms with Gasteiger partial charge < -0.3 is 5.73 Å². The number of carbonyl (C=O) groups is 1. The van der Waals surface area contributed by atoms with E-state index >= 15 is 0 Å². The smallest absolute Gasteiger partial charge is 0.162 e. The van der Waals surface area contributed by atoms with Gasteiger partial charge in [-0.2, -0.15) is 0 Å². The number of aryl methyl sites for hydroxylation is 1. The molecular formula is C17H18FNO. The van der Waals surface area contributed by atoms with E-state index in [4.69, 9.17) is 5.73 Å². The molecule has 1 atom stereocenters. The summed E-state index contributed by atoms with van der Waals surface area (Å²) < 4.78 is 13.2. The standard InChI is InChI=1S/C17H18FNO/c1-12-11-14(7-8-15(12)18)17(20)10-9-16(19)13-5-3-2-4-6-13/h2-8,11,16H,9-10,19H2,1H3. The van der Waals surface area contributed by atoms with Crippen LogP contribution in [0, 0.1) is 12.7 Å². The minimum atomic E-state index is -0.289. The largest absolute Gasteiger partial charge is 0.324 e. The van der Waals surface area contributed by atoms with Gasteiger partial charge in [0.2, 0.25) is 0 Å². The second-order valence-electron chi connectivity index (χ2n) is 4.94. The van der Waals surface area contributed by atoms with E-state index < -0.39 is 0 Å². The zero-order valence-corrected chi connectivity index (χ0v) is 11.5. The first-order chi connectivity index (χ1) is 9.58. The molecular weight excluding hydrogens is 253 g/mol. The fourth-order valence-electron chi connectivity index (χ4n) is 2.12. The van der Waals surface area contributed by atoms with Crippen molar-refractivity contribution in [3.05, 3.63) is 71.0 Å². The molecule has 2 aromatic rings. The van der Waals surface area contributed by atoms with Crippen LogP contribution < -0.4 is 5.73 Å². The first-order valence-electron chi connectivity index (χ1n) is 6.68. The number of halogens is 1. The highest BCUT2D eigenvalue weighted by atomic mass is 19.1. The van der Waals surface area contributed by atoms with Crippen molar-refractivity contribution in [3.63, 3.8) is 0 Å². The van der Waals surface area contributed by atoms with Gasteiger partial charge >= 0.3 is 0 Å². The average Bonchev–Trinajstić information content (AvgIpc) is 2.48. The predicted molar refractivity (Wildman–Crippen MR) is 78.1 cm³/mol. The molecule has 0 spiro atoms. The maximum Gasteiger partial charge on any atom is 0.162 e. The van der Waals surface area contributed by atoms with E-state index in [0.29, 0.717) is 24.0 Å². The minimum absolute atomic E-state index is 0.000480. The normalized spacial score (nSPS) is 12.2. The van der Waals surface area contributed by atoms with Gasteiger partial charge in [-0.1, -0.05) is 30.3 Å². The van der Waals surface area contributed by atoms with Crippen LogP contribution in [0.15, 0.2) is 48.5 Å². The van der Waals surface area contributed by atoms with E-state index in [1.165, 1.54) is 12.1 Å². The highest BCUT2D eigenvalue weighted by molar-refractivity contribution is 5.96. The van der Waals surface area contributed by atoms with Crippen LogP contribution in [0.3, 0.4) is 0 Å². The molecule has 0 saturated carbocycles. The summed E-state index contributed by atoms with van der Waals surface area (Å²) in [5, 5.41) is 0. The van der Waals surface area contributed by atoms with Crippen LogP contribution in [0.2, 0.25) is 0 Å². The number of nitrogens with two attached hydrogens (primary N) is 1. The van der Waals surface area contributed by atoms with E-state index in [-0.39, 0.29) is 17.6 Å². The molecule has 2 N–H and O–H groups in total. The summed E-state index contributed by atoms with van der Waals surface area (Å²) in [6, 6.07) is 14.0. The Kier molecular flexibility index (Phi) is 4.64. The average molecular weight is 271 g/mol. The van der Waals surface area contributed by atoms with E-state index in [9.17, 15) is 9.18 Å². The lowest BCUT2D eigenvalue weighted by atomic mass is 9.98. The molecule has 0 fully saturated rings. The molecule has 0 amide bonds. The van der Waals surface area contributed by atoms with E-state index in [2.05, 4.69) is 0 Å². The maximum atomic E-state index is 13.2. The number of ketones is 1. The van der Waals surface area contributed by atoms with Crippen LogP contribution in [0.1, 0.15) is 40.4 Å². The fourth-order valence-corrected chi connectivity index (χ4v) is 2.12. The highest BCUT2D eigenvalue weighted by Crippen LogP contribution is 2.18. The quantitative estimate of drug-likeness (QED) is 0.841. The summed E-state index contributed by atoms with van der Waals surface area (Å²) in [6.45, 7) is 1.65. The summed E-state index contributed by atoms with van der Waals surface area (Å²) in [5.74, 6) is -0.290. The molecule has 2 rings (SSSR count). The lowest BCUT2D eigenvalue weighted by Crippen LogP contribution is -2.12. The molecule has 3 heteroatoms. The number of benzene rings is 2. The molecule has 0 aliphatic rings. The maximum absolute atomic E-state index is 13.2. The Morgan fingerprint density at radius 2 is 1.90 bits per heavy atom. The van der Waals surface area contributed by atoms with Gasteiger partial charge in [-0.3, -0.25) is 4.79 Å². The van der Waals surface area contributed by atoms with E-state index in [1.54, 1.807) is 13.0 Å². The number of hydrogen-bond donors (Lipinski definition) is 1. The SMILES string of the molecule is Cc1cc(C(=O)CCC(N)c2ccccc2)ccc1F. The van der Waals surface area contributed by atoms with Gasteiger partial charge in [0.15, 0.2) is 5.78 Å². The van der Waals surface area contributed by atoms with Crippen LogP contribution in [0.5, 0.6) is 0 Å². The topological polar surface area (TPSA) is 43.1 Å². The summed E-state index contributed by atoms with van der Waals surface area (Å²) in [5.41, 5.74) is 8.12. The molecule has 2 aromatic carbocycles. The Morgan fingerprint density at radius 1 is 1.20 bits per heavy atom. The lowest BCUT2D eigenvalue weighted by Gasteiger charge is -2.11. The summed E-state index contributed by atoms with van der Waals surface area (Å²) in [4.78, 5) is 12.1. The highest BCUT2D eigenvalue weighted by Gasteiger charge is 2.11. The van der Waals surface area contributed by atoms with Crippen molar-refractivity contribution in [3.8, 4) is 0 Å². The van der Waals surface area contributed by atoms with Crippen LogP contribution in [0.25, 0.3) is 0 Å². The Labute approximate surface area is 118 Å². The van der Waals surface area contributed by atoms with Gasteiger partial charge in [0, 0.05) is 18.0 Å². The van der Waals surface area contributed by atoms with E-state index in [0.717, 1.165) is 5.56 Å². The summed E-state index contributed by atoms with van der Waals surface area (Å²) in [6.07, 6.45) is 0.945. The first kappa shape index (κ1) is 14.4. The van der Waals surface area contributed by atoms with Gasteiger partial charge in [0.25, 0.3) is 0 Å². The van der Waals surface area contributed by atoms with Crippen molar-refractivity contribution in [2.45, 2.75) is 25.8 Å². The molecule has 0 aliphatic heterocycles. The van der Waals surface area contributed by atoms with Gasteiger partial charge in [-0.25, -0.2) is 4.39 Å². The molecule has 0 saturated heterocycles. The zero-order chi connectivity index (χ0) is 14.5. The fraction of sp³-hybridized carbons (Fsp3) is 0.235. The third-order valence-electron chi connectivity index (χ3n) is 3.39. The van der Waals surface area contributed by atoms with Crippen LogP contribution >= 0.6 is 0 Å². The van der Waals surface area contributed by atoms with Gasteiger partial charge in [0.05, 0.1) is 0 Å². The number of Topliss-reactive ketones (excluding diaryl/α,β-unsaturated/α-hetero) is 1. The molecule has 1 unspecified atom stereocenters. The van der Waals surface area contributed by atoms with Crippen molar-refractivity contribution in [1.29, 1.82) is 0 Å². The van der Waals surface area contributed by atoms with Crippen molar-refractivity contribution >= 4 is 5.78 Å². The van der Waals surface area contributed by atoms with Crippen molar-refractivity contribution in [2.75, 3.05) is 0 Å². The van der Waals surface area contributed by atoms with Gasteiger partial charge in [-0.05, 0) is 42.7 Å². The molecule has 0 bridgehead atoms. The van der Waals surface area contributed by atoms with Gasteiger partial charge in [0.1, 0.15) is 5.82 Å². The first-order valence-corrected chi connectivity index (χ1v) is 6.68. The van der Waals surface area contributed by atoms with Crippen molar-refractivity contribution in [1.82, 2.24) is 0 Å². The Balaban J connectivity index is 1.97. The Hall–Kier alpha value is -2.00. The van der Waals surface area contributed by atoms with Gasteiger partial charge in [-0.15, -0.1) is 0 Å². The third kappa shape index (κ3) is 3.52. The second-order valence-corrected chi connectivity index (χ2v) is 4.94. The van der Waals surface area contributed by atoms with Crippen molar-refractivity contribution < 1.29 is 9.18 Å². The molecule has 0 heterocycles. The number of rotatable bonds is 5. The Morgan fingerprint density at radius 3 is 2.55 bits per heavy atom. The number of carbonyl (C=O) groups excluding carboxylic acids is 1. The second kappa shape index (κ2) is 6.44. The van der Waals surface area contributed by atoms with E-state index in [1.807, 2.05) is 30.3 Å². The van der Waals surface area contributed by atoms with Crippen LogP contribution in [0.4, 0.5) is 4.39 Å². The minimum Gasteiger partial charge on any atom is -0.324 e. The molecule has 104 valence electrons. The zero-order valence-electron chi connectivity index (χ0n) is 11.5. The molecule has 0 aromatic heterocycles. The summed E-state index contributed by atoms with van der Waals surface area (Å²) >= 11 is 0. The van der Waals surface area contributed by atoms with Crippen LogP contribution in [-0.4, -0.2) is 5.78 Å². The monoisotopic (exact) mass is 271 g/mol. The third-order valence-corrected chi connectivity index (χ3v) is 3.39. The Bertz CT molecular complexity index is 595. The molecule has 2 nitrogen and oxygen atoms in total. The predicted octanol–water partition coefficient (Wildman–Crippen LogP) is 3.80. The lowest BCUT2D eigenvalue weighted by molar-refractivity contribution is 0.0977. The molecule has 20 heavy (non-hydrogen) atoms. The molecule has 0 radical (unpaired) electrons. The van der Waals surface area contributed by atoms with Crippen LogP contribution in [-0.2, 0) is 0 Å². The summed E-state index contributed by atoms with van der Waals surface area (Å²) in [7, 11) is 0. The van der Waals surface area contributed by atoms with Crippen molar-refractivity contribution in [2.24, 2.45) is 5.73 Å². The number of hydrogen-bond acceptors (Lipinski definition) is 2.